The summed E-state index contributed by atoms with van der Waals surface area (Å²) in [6, 6.07) is 4.19. The molecule has 0 amide bonds. The monoisotopic (exact) mass is 465 g/mol. The van der Waals surface area contributed by atoms with Gasteiger partial charge in [0.25, 0.3) is 0 Å². The van der Waals surface area contributed by atoms with Gasteiger partial charge in [-0.25, -0.2) is 14.4 Å². The summed E-state index contributed by atoms with van der Waals surface area (Å²) in [5.74, 6) is 2.44. The summed E-state index contributed by atoms with van der Waals surface area (Å²) in [7, 11) is 4.06. The summed E-state index contributed by atoms with van der Waals surface area (Å²) in [5.41, 5.74) is 3.08. The van der Waals surface area contributed by atoms with Crippen LogP contribution < -0.4 is 15.5 Å². The molecule has 1 saturated heterocycles. The normalized spacial score (nSPS) is 18.9. The summed E-state index contributed by atoms with van der Waals surface area (Å²) in [5, 5.41) is 11.1. The van der Waals surface area contributed by atoms with Crippen molar-refractivity contribution >= 4 is 29.1 Å². The summed E-state index contributed by atoms with van der Waals surface area (Å²) >= 11 is 0. The fraction of sp³-hybridized carbons (Fsp3) is 0.500. The van der Waals surface area contributed by atoms with Crippen LogP contribution in [0.25, 0.3) is 0 Å². The van der Waals surface area contributed by atoms with Crippen LogP contribution in [0.4, 0.5) is 33.5 Å². The van der Waals surface area contributed by atoms with Gasteiger partial charge in [-0.2, -0.15) is 10.1 Å². The second kappa shape index (κ2) is 8.83. The van der Waals surface area contributed by atoms with E-state index in [1.165, 1.54) is 0 Å². The lowest BCUT2D eigenvalue weighted by molar-refractivity contribution is 0.234. The molecule has 1 aliphatic carbocycles. The van der Waals surface area contributed by atoms with Crippen molar-refractivity contribution < 1.29 is 4.39 Å². The third-order valence-corrected chi connectivity index (χ3v) is 6.84. The van der Waals surface area contributed by atoms with Crippen LogP contribution in [0.3, 0.4) is 0 Å². The second-order valence-electron chi connectivity index (χ2n) is 9.52. The molecule has 0 unspecified atom stereocenters. The molecule has 34 heavy (non-hydrogen) atoms. The first kappa shape index (κ1) is 22.5. The molecule has 0 bridgehead atoms. The van der Waals surface area contributed by atoms with E-state index < -0.39 is 0 Å². The molecule has 1 aliphatic heterocycles. The van der Waals surface area contributed by atoms with Crippen LogP contribution in [0.5, 0.6) is 0 Å². The Morgan fingerprint density at radius 2 is 1.82 bits per heavy atom. The number of likely N-dealkylation sites (N-methyl/N-ethyl adjacent to an activating group) is 1. The van der Waals surface area contributed by atoms with Crippen LogP contribution in [0.2, 0.25) is 0 Å². The largest absolute Gasteiger partial charge is 0.364 e. The van der Waals surface area contributed by atoms with Crippen molar-refractivity contribution in [3.8, 4) is 0 Å². The van der Waals surface area contributed by atoms with Crippen molar-refractivity contribution in [1.29, 1.82) is 0 Å². The minimum atomic E-state index is -0.207. The summed E-state index contributed by atoms with van der Waals surface area (Å²) in [6.45, 7) is 8.65. The van der Waals surface area contributed by atoms with Crippen molar-refractivity contribution in [1.82, 2.24) is 29.6 Å². The Morgan fingerprint density at radius 1 is 1.03 bits per heavy atom. The van der Waals surface area contributed by atoms with Gasteiger partial charge in [0.1, 0.15) is 11.6 Å². The minimum Gasteiger partial charge on any atom is -0.364 e. The standard InChI is InChI=1S/C24H32FN9/c1-14-10-21(31-33(14)5)28-23-19(34-9-8-32(4)15(2)13-34)12-26-24(30-23)29-20-11-18(17-6-7-17)22(25)16(3)27-20/h10-12,15,17H,6-9,13H2,1-5H3,(H2,26,27,28,29,30,31)/t15-/m1/s1. The third kappa shape index (κ3) is 4.54. The second-order valence-corrected chi connectivity index (χ2v) is 9.52. The number of pyridine rings is 1. The highest BCUT2D eigenvalue weighted by atomic mass is 19.1. The lowest BCUT2D eigenvalue weighted by Crippen LogP contribution is -2.50. The van der Waals surface area contributed by atoms with Crippen LogP contribution in [0, 0.1) is 19.7 Å². The maximum atomic E-state index is 14.5. The Morgan fingerprint density at radius 3 is 2.50 bits per heavy atom. The van der Waals surface area contributed by atoms with Crippen LogP contribution >= 0.6 is 0 Å². The molecular formula is C24H32FN9. The van der Waals surface area contributed by atoms with Crippen molar-refractivity contribution in [2.75, 3.05) is 42.2 Å². The fourth-order valence-electron chi connectivity index (χ4n) is 4.32. The first-order chi connectivity index (χ1) is 16.3. The molecule has 1 saturated carbocycles. The van der Waals surface area contributed by atoms with Crippen molar-refractivity contribution in [3.63, 3.8) is 0 Å². The number of rotatable bonds is 6. The summed E-state index contributed by atoms with van der Waals surface area (Å²) < 4.78 is 16.3. The minimum absolute atomic E-state index is 0.207. The van der Waals surface area contributed by atoms with E-state index in [1.807, 2.05) is 30.9 Å². The number of halogens is 1. The molecule has 1 atom stereocenters. The van der Waals surface area contributed by atoms with Crippen molar-refractivity contribution in [2.45, 2.75) is 45.6 Å². The molecule has 3 aromatic heterocycles. The van der Waals surface area contributed by atoms with Gasteiger partial charge >= 0.3 is 0 Å². The molecule has 2 fully saturated rings. The smallest absolute Gasteiger partial charge is 0.230 e. The molecule has 10 heteroatoms. The average molecular weight is 466 g/mol. The van der Waals surface area contributed by atoms with E-state index in [9.17, 15) is 4.39 Å². The number of nitrogens with one attached hydrogen (secondary N) is 2. The van der Waals surface area contributed by atoms with Crippen molar-refractivity contribution in [3.05, 3.63) is 41.1 Å². The number of piperazine rings is 1. The molecule has 180 valence electrons. The Bertz CT molecular complexity index is 1180. The molecule has 2 N–H and O–H groups in total. The van der Waals surface area contributed by atoms with E-state index in [0.717, 1.165) is 55.2 Å². The molecule has 3 aromatic rings. The molecule has 0 spiro atoms. The first-order valence-corrected chi connectivity index (χ1v) is 11.8. The Hall–Kier alpha value is -3.27. The predicted octanol–water partition coefficient (Wildman–Crippen LogP) is 3.87. The molecule has 4 heterocycles. The van der Waals surface area contributed by atoms with Gasteiger partial charge in [0, 0.05) is 44.5 Å². The van der Waals surface area contributed by atoms with Crippen LogP contribution in [-0.4, -0.2) is 62.4 Å². The maximum Gasteiger partial charge on any atom is 0.230 e. The van der Waals surface area contributed by atoms with E-state index in [1.54, 1.807) is 13.0 Å². The molecule has 0 radical (unpaired) electrons. The number of aryl methyl sites for hydroxylation is 3. The van der Waals surface area contributed by atoms with Gasteiger partial charge in [-0.05, 0) is 58.2 Å². The number of hydrogen-bond donors (Lipinski definition) is 2. The van der Waals surface area contributed by atoms with Gasteiger partial charge in [0.2, 0.25) is 5.95 Å². The zero-order valence-corrected chi connectivity index (χ0v) is 20.4. The van der Waals surface area contributed by atoms with Gasteiger partial charge in [-0.15, -0.1) is 0 Å². The van der Waals surface area contributed by atoms with E-state index in [2.05, 4.69) is 49.5 Å². The maximum absolute atomic E-state index is 14.5. The van der Waals surface area contributed by atoms with Crippen LogP contribution in [0.15, 0.2) is 18.3 Å². The van der Waals surface area contributed by atoms with Crippen LogP contribution in [0.1, 0.15) is 42.6 Å². The zero-order chi connectivity index (χ0) is 24.0. The first-order valence-electron chi connectivity index (χ1n) is 11.8. The Kier molecular flexibility index (Phi) is 5.85. The van der Waals surface area contributed by atoms with Gasteiger partial charge < -0.3 is 20.4 Å². The van der Waals surface area contributed by atoms with E-state index in [4.69, 9.17) is 4.98 Å². The van der Waals surface area contributed by atoms with E-state index >= 15 is 0 Å². The number of nitrogens with zero attached hydrogens (tertiary/aromatic N) is 7. The highest BCUT2D eigenvalue weighted by Gasteiger charge is 2.28. The predicted molar refractivity (Wildman–Crippen MR) is 132 cm³/mol. The van der Waals surface area contributed by atoms with Crippen molar-refractivity contribution in [2.24, 2.45) is 7.05 Å². The number of hydrogen-bond acceptors (Lipinski definition) is 8. The third-order valence-electron chi connectivity index (χ3n) is 6.84. The van der Waals surface area contributed by atoms with Gasteiger partial charge in [0.15, 0.2) is 11.6 Å². The summed E-state index contributed by atoms with van der Waals surface area (Å²) in [6.07, 6.45) is 3.88. The lowest BCUT2D eigenvalue weighted by Gasteiger charge is -2.39. The molecule has 0 aromatic carbocycles. The molecule has 5 rings (SSSR count). The Balaban J connectivity index is 1.47. The van der Waals surface area contributed by atoms with E-state index in [0.29, 0.717) is 29.3 Å². The van der Waals surface area contributed by atoms with Gasteiger partial charge in [0.05, 0.1) is 17.6 Å². The molecular weight excluding hydrogens is 433 g/mol. The van der Waals surface area contributed by atoms with Gasteiger partial charge in [-0.1, -0.05) is 0 Å². The molecule has 2 aliphatic rings. The SMILES string of the molecule is Cc1nc(Nc2ncc(N3CCN(C)[C@H](C)C3)c(Nc3cc(C)n(C)n3)n2)cc(C2CC2)c1F. The Labute approximate surface area is 199 Å². The van der Waals surface area contributed by atoms with E-state index in [-0.39, 0.29) is 11.7 Å². The topological polar surface area (TPSA) is 87.0 Å². The average Bonchev–Trinajstić information content (AvgIpc) is 3.58. The lowest BCUT2D eigenvalue weighted by atomic mass is 10.1. The number of anilines is 5. The molecule has 9 nitrogen and oxygen atoms in total. The number of aromatic nitrogens is 5. The zero-order valence-electron chi connectivity index (χ0n) is 20.4. The van der Waals surface area contributed by atoms with Gasteiger partial charge in [-0.3, -0.25) is 4.68 Å². The fourth-order valence-corrected chi connectivity index (χ4v) is 4.32. The summed E-state index contributed by atoms with van der Waals surface area (Å²) in [4.78, 5) is 18.4. The van der Waals surface area contributed by atoms with Crippen LogP contribution in [-0.2, 0) is 7.05 Å². The highest BCUT2D eigenvalue weighted by Crippen LogP contribution is 2.42. The highest BCUT2D eigenvalue weighted by molar-refractivity contribution is 5.72. The quantitative estimate of drug-likeness (QED) is 0.567.